The Kier molecular flexibility index (Phi) is 3.34. The summed E-state index contributed by atoms with van der Waals surface area (Å²) in [6.45, 7) is 7.75. The van der Waals surface area contributed by atoms with Crippen molar-refractivity contribution in [1.29, 1.82) is 5.26 Å². The Morgan fingerprint density at radius 2 is 2.11 bits per heavy atom. The van der Waals surface area contributed by atoms with E-state index in [1.807, 2.05) is 40.8 Å². The van der Waals surface area contributed by atoms with Crippen LogP contribution in [0.2, 0.25) is 0 Å². The highest BCUT2D eigenvalue weighted by Crippen LogP contribution is 2.27. The lowest BCUT2D eigenvalue weighted by molar-refractivity contribution is 0.499. The summed E-state index contributed by atoms with van der Waals surface area (Å²) in [5.41, 5.74) is 2.42. The van der Waals surface area contributed by atoms with E-state index in [1.165, 1.54) is 0 Å². The van der Waals surface area contributed by atoms with Crippen molar-refractivity contribution in [2.75, 3.05) is 5.32 Å². The lowest BCUT2D eigenvalue weighted by Crippen LogP contribution is -2.11. The highest BCUT2D eigenvalue weighted by atomic mass is 16.3. The zero-order chi connectivity index (χ0) is 14.2. The fourth-order valence-corrected chi connectivity index (χ4v) is 2.32. The summed E-state index contributed by atoms with van der Waals surface area (Å²) in [4.78, 5) is 0. The van der Waals surface area contributed by atoms with E-state index in [1.54, 1.807) is 4.68 Å². The second kappa shape index (κ2) is 4.81. The number of hydrogen-bond acceptors (Lipinski definition) is 4. The predicted octanol–water partition coefficient (Wildman–Crippen LogP) is 2.98. The van der Waals surface area contributed by atoms with Gasteiger partial charge in [-0.15, -0.1) is 0 Å². The SMILES string of the molecule is Cc1cc(C(C)Nc2c(C#N)c(C)nn2C)c(C)o1. The van der Waals surface area contributed by atoms with Crippen molar-refractivity contribution < 1.29 is 4.42 Å². The molecule has 1 atom stereocenters. The van der Waals surface area contributed by atoms with Gasteiger partial charge in [-0.05, 0) is 33.8 Å². The van der Waals surface area contributed by atoms with Gasteiger partial charge in [0.25, 0.3) is 0 Å². The lowest BCUT2D eigenvalue weighted by atomic mass is 10.1. The predicted molar refractivity (Wildman–Crippen MR) is 72.9 cm³/mol. The van der Waals surface area contributed by atoms with Crippen LogP contribution in [-0.2, 0) is 7.05 Å². The molecule has 100 valence electrons. The smallest absolute Gasteiger partial charge is 0.142 e. The van der Waals surface area contributed by atoms with Gasteiger partial charge < -0.3 is 9.73 Å². The number of aromatic nitrogens is 2. The molecule has 0 fully saturated rings. The van der Waals surface area contributed by atoms with Crippen LogP contribution in [0.25, 0.3) is 0 Å². The molecule has 0 aliphatic rings. The first-order valence-corrected chi connectivity index (χ1v) is 6.21. The molecule has 2 aromatic heterocycles. The molecule has 0 radical (unpaired) electrons. The first-order chi connectivity index (χ1) is 8.93. The van der Waals surface area contributed by atoms with Crippen molar-refractivity contribution in [3.8, 4) is 6.07 Å². The maximum Gasteiger partial charge on any atom is 0.142 e. The Balaban J connectivity index is 2.32. The molecule has 19 heavy (non-hydrogen) atoms. The molecular formula is C14H18N4O. The number of furan rings is 1. The average molecular weight is 258 g/mol. The van der Waals surface area contributed by atoms with E-state index in [9.17, 15) is 5.26 Å². The summed E-state index contributed by atoms with van der Waals surface area (Å²) in [6, 6.07) is 4.26. The summed E-state index contributed by atoms with van der Waals surface area (Å²) in [7, 11) is 1.83. The summed E-state index contributed by atoms with van der Waals surface area (Å²) in [5, 5.41) is 16.8. The number of nitriles is 1. The van der Waals surface area contributed by atoms with Gasteiger partial charge in [0.15, 0.2) is 0 Å². The molecule has 1 N–H and O–H groups in total. The molecule has 0 amide bonds. The molecule has 0 saturated carbocycles. The minimum atomic E-state index is 0.0550. The zero-order valence-electron chi connectivity index (χ0n) is 11.9. The molecule has 2 aromatic rings. The number of hydrogen-bond donors (Lipinski definition) is 1. The molecule has 5 heteroatoms. The third kappa shape index (κ3) is 2.34. The van der Waals surface area contributed by atoms with Gasteiger partial charge in [-0.1, -0.05) is 0 Å². The molecule has 0 bridgehead atoms. The van der Waals surface area contributed by atoms with Crippen molar-refractivity contribution in [2.45, 2.75) is 33.7 Å². The van der Waals surface area contributed by atoms with Crippen LogP contribution in [0, 0.1) is 32.1 Å². The molecule has 0 saturated heterocycles. The number of aryl methyl sites for hydroxylation is 4. The highest BCUT2D eigenvalue weighted by molar-refractivity contribution is 5.56. The molecule has 5 nitrogen and oxygen atoms in total. The Morgan fingerprint density at radius 3 is 2.63 bits per heavy atom. The number of nitrogens with zero attached hydrogens (tertiary/aromatic N) is 3. The average Bonchev–Trinajstić information content (AvgIpc) is 2.79. The minimum Gasteiger partial charge on any atom is -0.466 e. The van der Waals surface area contributed by atoms with Crippen LogP contribution < -0.4 is 5.32 Å². The molecular weight excluding hydrogens is 240 g/mol. The van der Waals surface area contributed by atoms with Crippen LogP contribution >= 0.6 is 0 Å². The first-order valence-electron chi connectivity index (χ1n) is 6.21. The Morgan fingerprint density at radius 1 is 1.42 bits per heavy atom. The van der Waals surface area contributed by atoms with Gasteiger partial charge in [-0.25, -0.2) is 0 Å². The number of nitrogens with one attached hydrogen (secondary N) is 1. The van der Waals surface area contributed by atoms with Crippen molar-refractivity contribution in [1.82, 2.24) is 9.78 Å². The van der Waals surface area contributed by atoms with Gasteiger partial charge in [0, 0.05) is 12.6 Å². The van der Waals surface area contributed by atoms with E-state index in [-0.39, 0.29) is 6.04 Å². The molecule has 1 unspecified atom stereocenters. The Labute approximate surface area is 112 Å². The molecule has 0 spiro atoms. The van der Waals surface area contributed by atoms with Gasteiger partial charge in [0.1, 0.15) is 29.0 Å². The first kappa shape index (κ1) is 13.2. The topological polar surface area (TPSA) is 66.8 Å². The van der Waals surface area contributed by atoms with Crippen LogP contribution in [0.1, 0.15) is 41.3 Å². The second-order valence-electron chi connectivity index (χ2n) is 4.78. The van der Waals surface area contributed by atoms with Gasteiger partial charge in [-0.2, -0.15) is 10.4 Å². The number of rotatable bonds is 3. The molecule has 0 aliphatic carbocycles. The van der Waals surface area contributed by atoms with Crippen molar-refractivity contribution in [2.24, 2.45) is 7.05 Å². The van der Waals surface area contributed by atoms with Gasteiger partial charge >= 0.3 is 0 Å². The van der Waals surface area contributed by atoms with Gasteiger partial charge in [-0.3, -0.25) is 4.68 Å². The van der Waals surface area contributed by atoms with E-state index >= 15 is 0 Å². The normalized spacial score (nSPS) is 12.2. The largest absolute Gasteiger partial charge is 0.466 e. The molecule has 0 aliphatic heterocycles. The monoisotopic (exact) mass is 258 g/mol. The van der Waals surface area contributed by atoms with Crippen LogP contribution in [0.4, 0.5) is 5.82 Å². The molecule has 2 rings (SSSR count). The van der Waals surface area contributed by atoms with E-state index in [0.717, 1.165) is 28.6 Å². The summed E-state index contributed by atoms with van der Waals surface area (Å²) in [6.07, 6.45) is 0. The minimum absolute atomic E-state index is 0.0550. The second-order valence-corrected chi connectivity index (χ2v) is 4.78. The van der Waals surface area contributed by atoms with Gasteiger partial charge in [0.05, 0.1) is 11.7 Å². The molecule has 0 aromatic carbocycles. The summed E-state index contributed by atoms with van der Waals surface area (Å²) in [5.74, 6) is 2.53. The Hall–Kier alpha value is -2.22. The maximum absolute atomic E-state index is 9.19. The van der Waals surface area contributed by atoms with Crippen molar-refractivity contribution in [3.63, 3.8) is 0 Å². The third-order valence-electron chi connectivity index (χ3n) is 3.23. The summed E-state index contributed by atoms with van der Waals surface area (Å²) < 4.78 is 7.24. The van der Waals surface area contributed by atoms with E-state index in [4.69, 9.17) is 4.42 Å². The van der Waals surface area contributed by atoms with E-state index in [0.29, 0.717) is 5.56 Å². The van der Waals surface area contributed by atoms with Crippen molar-refractivity contribution in [3.05, 3.63) is 34.4 Å². The number of anilines is 1. The standard InChI is InChI=1S/C14H18N4O/c1-8-6-12(11(4)19-8)9(2)16-14-13(7-15)10(3)17-18(14)5/h6,9,16H,1-5H3. The van der Waals surface area contributed by atoms with Crippen LogP contribution in [0.5, 0.6) is 0 Å². The van der Waals surface area contributed by atoms with Crippen LogP contribution in [0.3, 0.4) is 0 Å². The molecule has 2 heterocycles. The van der Waals surface area contributed by atoms with Crippen LogP contribution in [0.15, 0.2) is 10.5 Å². The highest BCUT2D eigenvalue weighted by Gasteiger charge is 2.18. The Bertz CT molecular complexity index is 645. The van der Waals surface area contributed by atoms with E-state index < -0.39 is 0 Å². The van der Waals surface area contributed by atoms with E-state index in [2.05, 4.69) is 16.5 Å². The summed E-state index contributed by atoms with van der Waals surface area (Å²) >= 11 is 0. The van der Waals surface area contributed by atoms with Gasteiger partial charge in [0.2, 0.25) is 0 Å². The van der Waals surface area contributed by atoms with Crippen LogP contribution in [-0.4, -0.2) is 9.78 Å². The lowest BCUT2D eigenvalue weighted by Gasteiger charge is -2.15. The van der Waals surface area contributed by atoms with Crippen molar-refractivity contribution >= 4 is 5.82 Å². The third-order valence-corrected chi connectivity index (χ3v) is 3.23. The fourth-order valence-electron chi connectivity index (χ4n) is 2.32. The quantitative estimate of drug-likeness (QED) is 0.919. The maximum atomic E-state index is 9.19. The fraction of sp³-hybridized carbons (Fsp3) is 0.429. The zero-order valence-corrected chi connectivity index (χ0v) is 11.9.